The Hall–Kier alpha value is -3.17. The van der Waals surface area contributed by atoms with Crippen LogP contribution in [0.5, 0.6) is 11.5 Å². The van der Waals surface area contributed by atoms with Crippen LogP contribution in [0.25, 0.3) is 0 Å². The van der Waals surface area contributed by atoms with Crippen LogP contribution >= 0.6 is 0 Å². The minimum absolute atomic E-state index is 0. The molecule has 0 fully saturated rings. The summed E-state index contributed by atoms with van der Waals surface area (Å²) >= 11 is 0. The van der Waals surface area contributed by atoms with Crippen molar-refractivity contribution in [2.45, 2.75) is 72.6 Å². The van der Waals surface area contributed by atoms with Crippen molar-refractivity contribution in [1.82, 2.24) is 0 Å². The molecule has 2 aromatic rings. The van der Waals surface area contributed by atoms with Crippen LogP contribution in [0.3, 0.4) is 0 Å². The van der Waals surface area contributed by atoms with E-state index in [0.717, 1.165) is 44.2 Å². The van der Waals surface area contributed by atoms with Gasteiger partial charge in [-0.25, -0.2) is 0 Å². The van der Waals surface area contributed by atoms with Crippen molar-refractivity contribution in [3.05, 3.63) is 58.7 Å². The van der Waals surface area contributed by atoms with Gasteiger partial charge in [0.25, 0.3) is 0 Å². The molecule has 0 bridgehead atoms. The average Bonchev–Trinajstić information content (AvgIpc) is 2.83. The number of carbonyl (C=O) groups excluding carboxylic acids is 2. The van der Waals surface area contributed by atoms with Crippen LogP contribution < -0.4 is 10.2 Å². The van der Waals surface area contributed by atoms with Crippen molar-refractivity contribution in [2.24, 2.45) is 9.98 Å². The predicted molar refractivity (Wildman–Crippen MR) is 145 cm³/mol. The maximum atomic E-state index is 10.0. The molecule has 2 aromatic carbocycles. The van der Waals surface area contributed by atoms with Crippen molar-refractivity contribution in [1.29, 1.82) is 0 Å². The molecule has 1 radical (unpaired) electrons. The van der Waals surface area contributed by atoms with Gasteiger partial charge in [-0.05, 0) is 80.3 Å². The molecule has 0 heterocycles. The fourth-order valence-electron chi connectivity index (χ4n) is 3.02. The number of carbonyl (C=O) groups is 2. The van der Waals surface area contributed by atoms with Gasteiger partial charge in [-0.3, -0.25) is 9.98 Å². The van der Waals surface area contributed by atoms with E-state index in [1.807, 2.05) is 24.3 Å². The minimum Gasteiger partial charge on any atom is -0.550 e. The number of hydrogen-bond donors (Lipinski definition) is 2. The first-order valence-corrected chi connectivity index (χ1v) is 12.4. The average molecular weight is 572 g/mol. The third-order valence-electron chi connectivity index (χ3n) is 5.50. The van der Waals surface area contributed by atoms with Gasteiger partial charge in [0.1, 0.15) is 11.5 Å². The van der Waals surface area contributed by atoms with E-state index in [1.165, 1.54) is 11.1 Å². The Morgan fingerprint density at radius 3 is 1.39 bits per heavy atom. The number of carboxylic acids is 2. The molecule has 0 aliphatic rings. The first kappa shape index (κ1) is 37.0. The van der Waals surface area contributed by atoms with Gasteiger partial charge < -0.3 is 30.0 Å². The quantitative estimate of drug-likeness (QED) is 0.330. The molecule has 0 spiro atoms. The second-order valence-corrected chi connectivity index (χ2v) is 8.66. The Balaban J connectivity index is 0. The monoisotopic (exact) mass is 571 g/mol. The number of benzene rings is 2. The standard InChI is InChI=1S/C25H34N2O2.2C2H4O2.Co/c1-5-18(3)20-8-10-24(28)22(14-20)16-26-12-7-13-27-17-23-15-21(19(4)6-2)9-11-25(23)29;2*1-2(3)4;/h8-11,14-19,28-29H,5-7,12-13H2,1-4H3;2*1H3,(H,3,4);/q;;;+2/p-2. The van der Waals surface area contributed by atoms with Gasteiger partial charge in [0, 0.05) is 48.6 Å². The van der Waals surface area contributed by atoms with Gasteiger partial charge in [0.2, 0.25) is 0 Å². The zero-order chi connectivity index (χ0) is 28.4. The van der Waals surface area contributed by atoms with E-state index in [9.17, 15) is 10.2 Å². The molecule has 2 atom stereocenters. The van der Waals surface area contributed by atoms with Crippen LogP contribution in [-0.2, 0) is 26.4 Å². The van der Waals surface area contributed by atoms with Crippen molar-refractivity contribution in [3.63, 3.8) is 0 Å². The Labute approximate surface area is 236 Å². The molecule has 0 amide bonds. The van der Waals surface area contributed by atoms with E-state index >= 15 is 0 Å². The summed E-state index contributed by atoms with van der Waals surface area (Å²) in [7, 11) is 0. The van der Waals surface area contributed by atoms with E-state index in [-0.39, 0.29) is 28.3 Å². The molecule has 8 nitrogen and oxygen atoms in total. The first-order chi connectivity index (χ1) is 17.4. The maximum Gasteiger partial charge on any atom is 2.00 e. The number of carboxylic acid groups (broad SMARTS) is 2. The summed E-state index contributed by atoms with van der Waals surface area (Å²) in [6.45, 7) is 11.9. The summed E-state index contributed by atoms with van der Waals surface area (Å²) in [5, 5.41) is 37.8. The van der Waals surface area contributed by atoms with E-state index in [0.29, 0.717) is 24.9 Å². The van der Waals surface area contributed by atoms with Crippen LogP contribution in [0.4, 0.5) is 0 Å². The Kier molecular flexibility index (Phi) is 20.3. The van der Waals surface area contributed by atoms with E-state index in [4.69, 9.17) is 19.8 Å². The maximum absolute atomic E-state index is 10.0. The number of aliphatic carboxylic acids is 2. The third kappa shape index (κ3) is 16.5. The number of hydrogen-bond acceptors (Lipinski definition) is 8. The third-order valence-corrected chi connectivity index (χ3v) is 5.50. The van der Waals surface area contributed by atoms with Gasteiger partial charge in [-0.15, -0.1) is 0 Å². The second-order valence-electron chi connectivity index (χ2n) is 8.66. The number of rotatable bonds is 10. The molecule has 38 heavy (non-hydrogen) atoms. The van der Waals surface area contributed by atoms with Crippen LogP contribution in [0.2, 0.25) is 0 Å². The molecule has 211 valence electrons. The first-order valence-electron chi connectivity index (χ1n) is 12.4. The van der Waals surface area contributed by atoms with Crippen LogP contribution in [0, 0.1) is 0 Å². The summed E-state index contributed by atoms with van der Waals surface area (Å²) in [5.74, 6) is -0.717. The van der Waals surface area contributed by atoms with Crippen LogP contribution in [-0.4, -0.2) is 47.7 Å². The summed E-state index contributed by atoms with van der Waals surface area (Å²) in [6, 6.07) is 11.5. The Morgan fingerprint density at radius 1 is 0.789 bits per heavy atom. The van der Waals surface area contributed by atoms with Crippen LogP contribution in [0.15, 0.2) is 46.4 Å². The van der Waals surface area contributed by atoms with Crippen molar-refractivity contribution < 1.29 is 46.8 Å². The molecule has 0 saturated carbocycles. The second kappa shape index (κ2) is 20.8. The SMILES string of the molecule is CC(=O)[O-].CC(=O)[O-].CCC(C)c1ccc(O)c(C=NCCCN=Cc2cc(C(C)CC)ccc2O)c1.[Co+2]. The Bertz CT molecular complexity index is 950. The molecule has 2 N–H and O–H groups in total. The number of phenols is 2. The molecule has 0 aliphatic heterocycles. The van der Waals surface area contributed by atoms with Crippen molar-refractivity contribution in [2.75, 3.05) is 13.1 Å². The topological polar surface area (TPSA) is 145 Å². The van der Waals surface area contributed by atoms with E-state index in [1.54, 1.807) is 24.6 Å². The fourth-order valence-corrected chi connectivity index (χ4v) is 3.02. The molecule has 9 heteroatoms. The molecular formula is C29H40CoN2O6. The van der Waals surface area contributed by atoms with E-state index < -0.39 is 11.9 Å². The minimum atomic E-state index is -1.08. The number of phenolic OH excluding ortho intramolecular Hbond substituents is 2. The smallest absolute Gasteiger partial charge is 0.550 e. The Morgan fingerprint density at radius 2 is 1.11 bits per heavy atom. The molecule has 0 saturated heterocycles. The van der Waals surface area contributed by atoms with Crippen molar-refractivity contribution >= 4 is 24.4 Å². The fraction of sp³-hybridized carbons (Fsp3) is 0.448. The number of aromatic hydroxyl groups is 2. The summed E-state index contributed by atoms with van der Waals surface area (Å²) in [6.07, 6.45) is 6.42. The zero-order valence-electron chi connectivity index (χ0n) is 23.1. The number of nitrogens with zero attached hydrogens (tertiary/aromatic N) is 2. The summed E-state index contributed by atoms with van der Waals surface area (Å²) < 4.78 is 0. The molecule has 2 unspecified atom stereocenters. The summed E-state index contributed by atoms with van der Waals surface area (Å²) in [5.41, 5.74) is 3.96. The molecule has 0 aliphatic carbocycles. The van der Waals surface area contributed by atoms with Gasteiger partial charge in [0.15, 0.2) is 0 Å². The summed E-state index contributed by atoms with van der Waals surface area (Å²) in [4.78, 5) is 26.6. The largest absolute Gasteiger partial charge is 2.00 e. The van der Waals surface area contributed by atoms with E-state index in [2.05, 4.69) is 37.7 Å². The predicted octanol–water partition coefficient (Wildman–Crippen LogP) is 3.56. The van der Waals surface area contributed by atoms with Gasteiger partial charge in [-0.1, -0.05) is 39.8 Å². The van der Waals surface area contributed by atoms with Crippen molar-refractivity contribution in [3.8, 4) is 11.5 Å². The van der Waals surface area contributed by atoms with Gasteiger partial charge >= 0.3 is 16.8 Å². The van der Waals surface area contributed by atoms with Gasteiger partial charge in [0.05, 0.1) is 0 Å². The zero-order valence-corrected chi connectivity index (χ0v) is 24.1. The number of aliphatic imine (C=N–C) groups is 2. The van der Waals surface area contributed by atoms with Gasteiger partial charge in [-0.2, -0.15) is 0 Å². The normalized spacial score (nSPS) is 11.9. The molecular weight excluding hydrogens is 531 g/mol. The molecule has 0 aromatic heterocycles. The van der Waals surface area contributed by atoms with Crippen LogP contribution in [0.1, 0.15) is 94.9 Å². The molecule has 2 rings (SSSR count).